The number of hydrogen-bond donors (Lipinski definition) is 0. The minimum atomic E-state index is 0.938. The zero-order valence-corrected chi connectivity index (χ0v) is 11.7. The van der Waals surface area contributed by atoms with E-state index in [0.29, 0.717) is 0 Å². The van der Waals surface area contributed by atoms with Gasteiger partial charge >= 0.3 is 0 Å². The summed E-state index contributed by atoms with van der Waals surface area (Å²) in [4.78, 5) is 0. The van der Waals surface area contributed by atoms with Gasteiger partial charge in [-0.05, 0) is 23.6 Å². The highest BCUT2D eigenvalue weighted by molar-refractivity contribution is 8.22. The molecule has 88 valence electrons. The molecular weight excluding hydrogens is 236 g/mol. The van der Waals surface area contributed by atoms with Gasteiger partial charge in [0.2, 0.25) is 0 Å². The second kappa shape index (κ2) is 7.69. The van der Waals surface area contributed by atoms with E-state index in [9.17, 15) is 0 Å². The lowest BCUT2D eigenvalue weighted by Crippen LogP contribution is -1.86. The third kappa shape index (κ3) is 4.14. The SMILES string of the molecule is CCSC(=Cc1ccccc1OC)SCC. The normalized spacial score (nSPS) is 9.94. The molecule has 0 saturated carbocycles. The molecule has 0 unspecified atom stereocenters. The molecule has 0 fully saturated rings. The summed E-state index contributed by atoms with van der Waals surface area (Å²) in [5.41, 5.74) is 1.15. The predicted molar refractivity (Wildman–Crippen MR) is 77.2 cm³/mol. The summed E-state index contributed by atoms with van der Waals surface area (Å²) in [5, 5.41) is 0. The molecule has 0 spiro atoms. The van der Waals surface area contributed by atoms with Gasteiger partial charge in [-0.1, -0.05) is 32.0 Å². The first-order chi connectivity index (χ1) is 7.81. The van der Waals surface area contributed by atoms with E-state index in [2.05, 4.69) is 26.0 Å². The Morgan fingerprint density at radius 2 is 1.81 bits per heavy atom. The van der Waals surface area contributed by atoms with Gasteiger partial charge in [-0.3, -0.25) is 0 Å². The first-order valence-corrected chi connectivity index (χ1v) is 7.39. The zero-order chi connectivity index (χ0) is 11.8. The first-order valence-electron chi connectivity index (χ1n) is 5.42. The maximum Gasteiger partial charge on any atom is 0.126 e. The molecule has 0 atom stereocenters. The lowest BCUT2D eigenvalue weighted by atomic mass is 10.2. The molecule has 0 aliphatic carbocycles. The summed E-state index contributed by atoms with van der Waals surface area (Å²) in [5.74, 6) is 3.15. The predicted octanol–water partition coefficient (Wildman–Crippen LogP) is 4.50. The van der Waals surface area contributed by atoms with E-state index in [-0.39, 0.29) is 0 Å². The number of para-hydroxylation sites is 1. The van der Waals surface area contributed by atoms with Crippen molar-refractivity contribution < 1.29 is 4.74 Å². The van der Waals surface area contributed by atoms with Crippen molar-refractivity contribution in [3.05, 3.63) is 34.1 Å². The number of hydrogen-bond acceptors (Lipinski definition) is 3. The van der Waals surface area contributed by atoms with Crippen LogP contribution >= 0.6 is 23.5 Å². The minimum Gasteiger partial charge on any atom is -0.496 e. The fraction of sp³-hybridized carbons (Fsp3) is 0.385. The van der Waals surface area contributed by atoms with Crippen LogP contribution in [0.1, 0.15) is 19.4 Å². The van der Waals surface area contributed by atoms with Crippen LogP contribution < -0.4 is 4.74 Å². The fourth-order valence-corrected chi connectivity index (χ4v) is 3.35. The Bertz CT molecular complexity index is 340. The second-order valence-corrected chi connectivity index (χ2v) is 5.94. The van der Waals surface area contributed by atoms with E-state index in [1.54, 1.807) is 7.11 Å². The van der Waals surface area contributed by atoms with E-state index in [0.717, 1.165) is 22.8 Å². The molecule has 0 saturated heterocycles. The highest BCUT2D eigenvalue weighted by Gasteiger charge is 2.01. The van der Waals surface area contributed by atoms with Crippen LogP contribution in [0.15, 0.2) is 28.5 Å². The Labute approximate surface area is 107 Å². The minimum absolute atomic E-state index is 0.938. The molecule has 1 aromatic rings. The van der Waals surface area contributed by atoms with Crippen LogP contribution in [0.4, 0.5) is 0 Å². The molecular formula is C13H18OS2. The molecule has 0 bridgehead atoms. The Morgan fingerprint density at radius 3 is 2.38 bits per heavy atom. The molecule has 0 amide bonds. The van der Waals surface area contributed by atoms with Crippen LogP contribution in [0.5, 0.6) is 5.75 Å². The Balaban J connectivity index is 2.92. The van der Waals surface area contributed by atoms with Crippen molar-refractivity contribution in [1.82, 2.24) is 0 Å². The van der Waals surface area contributed by atoms with Crippen LogP contribution in [-0.4, -0.2) is 18.6 Å². The molecule has 1 rings (SSSR count). The molecule has 0 aromatic heterocycles. The third-order valence-corrected chi connectivity index (χ3v) is 4.07. The van der Waals surface area contributed by atoms with Gasteiger partial charge in [-0.25, -0.2) is 0 Å². The van der Waals surface area contributed by atoms with Gasteiger partial charge in [0.1, 0.15) is 5.75 Å². The zero-order valence-electron chi connectivity index (χ0n) is 10.0. The average Bonchev–Trinajstić information content (AvgIpc) is 2.30. The summed E-state index contributed by atoms with van der Waals surface area (Å²) < 4.78 is 6.70. The average molecular weight is 254 g/mol. The Kier molecular flexibility index (Phi) is 6.50. The molecule has 1 nitrogen and oxygen atoms in total. The number of rotatable bonds is 6. The quantitative estimate of drug-likeness (QED) is 0.739. The highest BCUT2D eigenvalue weighted by Crippen LogP contribution is 2.32. The van der Waals surface area contributed by atoms with E-state index < -0.39 is 0 Å². The van der Waals surface area contributed by atoms with Crippen molar-refractivity contribution in [1.29, 1.82) is 0 Å². The Morgan fingerprint density at radius 1 is 1.19 bits per heavy atom. The number of methoxy groups -OCH3 is 1. The summed E-state index contributed by atoms with van der Waals surface area (Å²) in [6.45, 7) is 4.36. The smallest absolute Gasteiger partial charge is 0.126 e. The molecule has 3 heteroatoms. The number of thioether (sulfide) groups is 2. The van der Waals surface area contributed by atoms with Gasteiger partial charge in [0.05, 0.1) is 7.11 Å². The van der Waals surface area contributed by atoms with E-state index in [1.165, 1.54) is 4.24 Å². The summed E-state index contributed by atoms with van der Waals surface area (Å²) in [7, 11) is 1.71. The van der Waals surface area contributed by atoms with Crippen LogP contribution in [0, 0.1) is 0 Å². The topological polar surface area (TPSA) is 9.23 Å². The maximum absolute atomic E-state index is 5.34. The molecule has 0 heterocycles. The van der Waals surface area contributed by atoms with Gasteiger partial charge in [0.15, 0.2) is 0 Å². The van der Waals surface area contributed by atoms with E-state index in [4.69, 9.17) is 4.74 Å². The number of ether oxygens (including phenoxy) is 1. The van der Waals surface area contributed by atoms with Crippen molar-refractivity contribution in [3.63, 3.8) is 0 Å². The monoisotopic (exact) mass is 254 g/mol. The van der Waals surface area contributed by atoms with Crippen molar-refractivity contribution in [2.24, 2.45) is 0 Å². The van der Waals surface area contributed by atoms with Crippen molar-refractivity contribution in [2.75, 3.05) is 18.6 Å². The number of benzene rings is 1. The first kappa shape index (κ1) is 13.5. The summed E-state index contributed by atoms with van der Waals surface area (Å²) >= 11 is 3.77. The van der Waals surface area contributed by atoms with Crippen LogP contribution in [0.25, 0.3) is 6.08 Å². The molecule has 0 aliphatic rings. The van der Waals surface area contributed by atoms with Crippen molar-refractivity contribution in [2.45, 2.75) is 13.8 Å². The standard InChI is InChI=1S/C13H18OS2/c1-4-15-13(16-5-2)10-11-8-6-7-9-12(11)14-3/h6-10H,4-5H2,1-3H3. The molecule has 0 aliphatic heterocycles. The van der Waals surface area contributed by atoms with Gasteiger partial charge in [0.25, 0.3) is 0 Å². The molecule has 0 N–H and O–H groups in total. The Hall–Kier alpha value is -0.540. The molecule has 16 heavy (non-hydrogen) atoms. The van der Waals surface area contributed by atoms with Crippen LogP contribution in [-0.2, 0) is 0 Å². The lowest BCUT2D eigenvalue weighted by Gasteiger charge is -2.07. The lowest BCUT2D eigenvalue weighted by molar-refractivity contribution is 0.414. The van der Waals surface area contributed by atoms with E-state index >= 15 is 0 Å². The summed E-state index contributed by atoms with van der Waals surface area (Å²) in [6, 6.07) is 8.12. The molecule has 0 radical (unpaired) electrons. The van der Waals surface area contributed by atoms with Crippen LogP contribution in [0.2, 0.25) is 0 Å². The largest absolute Gasteiger partial charge is 0.496 e. The van der Waals surface area contributed by atoms with Gasteiger partial charge in [0, 0.05) is 9.80 Å². The van der Waals surface area contributed by atoms with Gasteiger partial charge in [-0.15, -0.1) is 23.5 Å². The fourth-order valence-electron chi connectivity index (χ4n) is 1.32. The third-order valence-electron chi connectivity index (χ3n) is 1.99. The molecule has 1 aromatic carbocycles. The van der Waals surface area contributed by atoms with Gasteiger partial charge in [-0.2, -0.15) is 0 Å². The summed E-state index contributed by atoms with van der Waals surface area (Å²) in [6.07, 6.45) is 2.21. The second-order valence-electron chi connectivity index (χ2n) is 3.07. The van der Waals surface area contributed by atoms with Crippen molar-refractivity contribution in [3.8, 4) is 5.75 Å². The van der Waals surface area contributed by atoms with Gasteiger partial charge < -0.3 is 4.74 Å². The van der Waals surface area contributed by atoms with E-state index in [1.807, 2.05) is 41.7 Å². The van der Waals surface area contributed by atoms with Crippen molar-refractivity contribution >= 4 is 29.6 Å². The highest BCUT2D eigenvalue weighted by atomic mass is 32.2. The maximum atomic E-state index is 5.34. The van der Waals surface area contributed by atoms with Crippen LogP contribution in [0.3, 0.4) is 0 Å².